The molecule has 2 rings (SSSR count). The third kappa shape index (κ3) is 1.72. The summed E-state index contributed by atoms with van der Waals surface area (Å²) in [4.78, 5) is 8.26. The number of benzene rings is 1. The first-order chi connectivity index (χ1) is 6.36. The predicted octanol–water partition coefficient (Wildman–Crippen LogP) is 2.25. The zero-order chi connectivity index (χ0) is 9.10. The third-order valence-electron chi connectivity index (χ3n) is 1.82. The van der Waals surface area contributed by atoms with Gasteiger partial charge in [0.15, 0.2) is 0 Å². The van der Waals surface area contributed by atoms with Crippen molar-refractivity contribution in [3.63, 3.8) is 0 Å². The number of aromatic nitrogens is 2. The van der Waals surface area contributed by atoms with Crippen molar-refractivity contribution in [2.24, 2.45) is 0 Å². The summed E-state index contributed by atoms with van der Waals surface area (Å²) in [5, 5.41) is 0. The summed E-state index contributed by atoms with van der Waals surface area (Å²) < 4.78 is 0. The van der Waals surface area contributed by atoms with Gasteiger partial charge in [0.2, 0.25) is 0 Å². The van der Waals surface area contributed by atoms with Gasteiger partial charge in [0, 0.05) is 18.0 Å². The summed E-state index contributed by atoms with van der Waals surface area (Å²) in [6, 6.07) is 10.8. The monoisotopic (exact) mass is 169 g/mol. The Morgan fingerprint density at radius 2 is 1.92 bits per heavy atom. The summed E-state index contributed by atoms with van der Waals surface area (Å²) >= 11 is 0. The van der Waals surface area contributed by atoms with Crippen LogP contribution in [0.5, 0.6) is 0 Å². The van der Waals surface area contributed by atoms with Gasteiger partial charge in [-0.05, 0) is 24.6 Å². The number of rotatable bonds is 1. The highest BCUT2D eigenvalue weighted by atomic mass is 14.8. The molecule has 0 amide bonds. The van der Waals surface area contributed by atoms with Crippen molar-refractivity contribution in [2.75, 3.05) is 0 Å². The van der Waals surface area contributed by atoms with Gasteiger partial charge in [0.05, 0.1) is 0 Å². The molecule has 0 aliphatic heterocycles. The zero-order valence-electron chi connectivity index (χ0n) is 7.36. The van der Waals surface area contributed by atoms with Crippen LogP contribution < -0.4 is 0 Å². The van der Waals surface area contributed by atoms with Crippen LogP contribution in [0.25, 0.3) is 11.1 Å². The Bertz CT molecular complexity index is 379. The van der Waals surface area contributed by atoms with E-state index in [1.807, 2.05) is 43.6 Å². The van der Waals surface area contributed by atoms with Gasteiger partial charge in [-0.25, -0.2) is 9.97 Å². The van der Waals surface area contributed by atoms with Crippen molar-refractivity contribution in [2.45, 2.75) is 6.92 Å². The Labute approximate surface area is 77.3 Å². The average molecular weight is 169 g/mol. The van der Waals surface area contributed by atoms with Crippen LogP contribution in [0, 0.1) is 13.0 Å². The lowest BCUT2D eigenvalue weighted by molar-refractivity contribution is 1.06. The van der Waals surface area contributed by atoms with Gasteiger partial charge in [-0.2, -0.15) is 0 Å². The molecule has 0 aliphatic rings. The minimum atomic E-state index is 0.795. The van der Waals surface area contributed by atoms with E-state index in [1.165, 1.54) is 0 Å². The lowest BCUT2D eigenvalue weighted by Crippen LogP contribution is -1.86. The number of hydrogen-bond donors (Lipinski definition) is 0. The highest BCUT2D eigenvalue weighted by molar-refractivity contribution is 5.60. The molecule has 2 aromatic rings. The molecule has 1 aromatic heterocycles. The first-order valence-corrected chi connectivity index (χ1v) is 4.11. The van der Waals surface area contributed by atoms with Crippen LogP contribution in [-0.2, 0) is 0 Å². The number of hydrogen-bond acceptors (Lipinski definition) is 2. The Kier molecular flexibility index (Phi) is 2.04. The maximum absolute atomic E-state index is 4.13. The smallest absolute Gasteiger partial charge is 0.125 e. The summed E-state index contributed by atoms with van der Waals surface area (Å²) in [7, 11) is 0. The van der Waals surface area contributed by atoms with Crippen molar-refractivity contribution in [1.82, 2.24) is 9.97 Å². The van der Waals surface area contributed by atoms with Crippen LogP contribution in [0.3, 0.4) is 0 Å². The Balaban J connectivity index is 2.42. The topological polar surface area (TPSA) is 25.8 Å². The maximum atomic E-state index is 4.13. The van der Waals surface area contributed by atoms with Crippen LogP contribution in [0.1, 0.15) is 5.82 Å². The van der Waals surface area contributed by atoms with Crippen LogP contribution >= 0.6 is 0 Å². The highest BCUT2D eigenvalue weighted by Gasteiger charge is 1.96. The lowest BCUT2D eigenvalue weighted by Gasteiger charge is -1.99. The van der Waals surface area contributed by atoms with Crippen LogP contribution in [-0.4, -0.2) is 9.97 Å². The molecule has 0 saturated carbocycles. The minimum Gasteiger partial charge on any atom is -0.241 e. The fraction of sp³-hybridized carbons (Fsp3) is 0.0909. The maximum Gasteiger partial charge on any atom is 0.125 e. The average Bonchev–Trinajstić information content (AvgIpc) is 2.20. The van der Waals surface area contributed by atoms with E-state index in [0.717, 1.165) is 17.0 Å². The van der Waals surface area contributed by atoms with Gasteiger partial charge in [0.1, 0.15) is 5.82 Å². The normalized spacial score (nSPS) is 9.92. The molecule has 1 heterocycles. The van der Waals surface area contributed by atoms with Crippen LogP contribution in [0.2, 0.25) is 0 Å². The van der Waals surface area contributed by atoms with Crippen molar-refractivity contribution < 1.29 is 0 Å². The van der Waals surface area contributed by atoms with Gasteiger partial charge in [0.25, 0.3) is 0 Å². The van der Waals surface area contributed by atoms with E-state index in [0.29, 0.717) is 0 Å². The molecule has 13 heavy (non-hydrogen) atoms. The van der Waals surface area contributed by atoms with Crippen LogP contribution in [0.4, 0.5) is 0 Å². The molecule has 1 radical (unpaired) electrons. The third-order valence-corrected chi connectivity index (χ3v) is 1.82. The van der Waals surface area contributed by atoms with E-state index in [9.17, 15) is 0 Å². The second kappa shape index (κ2) is 3.35. The Hall–Kier alpha value is -1.70. The molecule has 0 fully saturated rings. The second-order valence-corrected chi connectivity index (χ2v) is 2.81. The molecular weight excluding hydrogens is 160 g/mol. The first kappa shape index (κ1) is 7.92. The molecule has 2 nitrogen and oxygen atoms in total. The molecule has 0 unspecified atom stereocenters. The van der Waals surface area contributed by atoms with Gasteiger partial charge in [-0.15, -0.1) is 0 Å². The van der Waals surface area contributed by atoms with Gasteiger partial charge < -0.3 is 0 Å². The SMILES string of the molecule is Cc1ncc(-c2c[c]ccc2)cn1. The highest BCUT2D eigenvalue weighted by Crippen LogP contribution is 2.15. The standard InChI is InChI=1S/C11H9N2/c1-9-12-7-11(8-13-9)10-5-3-2-4-6-10/h2-3,5-8H,1H3. The van der Waals surface area contributed by atoms with E-state index in [2.05, 4.69) is 16.0 Å². The molecule has 0 N–H and O–H groups in total. The molecule has 0 spiro atoms. The second-order valence-electron chi connectivity index (χ2n) is 2.81. The minimum absolute atomic E-state index is 0.795. The molecule has 0 atom stereocenters. The van der Waals surface area contributed by atoms with Crippen molar-refractivity contribution >= 4 is 0 Å². The molecule has 63 valence electrons. The molecule has 0 saturated heterocycles. The molecule has 1 aromatic carbocycles. The van der Waals surface area contributed by atoms with E-state index < -0.39 is 0 Å². The van der Waals surface area contributed by atoms with Crippen molar-refractivity contribution in [3.8, 4) is 11.1 Å². The lowest BCUT2D eigenvalue weighted by atomic mass is 10.1. The molecule has 2 heteroatoms. The number of aryl methyl sites for hydroxylation is 1. The first-order valence-electron chi connectivity index (χ1n) is 4.11. The predicted molar refractivity (Wildman–Crippen MR) is 51.0 cm³/mol. The van der Waals surface area contributed by atoms with E-state index in [4.69, 9.17) is 0 Å². The fourth-order valence-corrected chi connectivity index (χ4v) is 1.11. The van der Waals surface area contributed by atoms with Gasteiger partial charge in [-0.1, -0.05) is 18.2 Å². The quantitative estimate of drug-likeness (QED) is 0.654. The molecule has 0 bridgehead atoms. The largest absolute Gasteiger partial charge is 0.241 e. The zero-order valence-corrected chi connectivity index (χ0v) is 7.36. The van der Waals surface area contributed by atoms with E-state index >= 15 is 0 Å². The Morgan fingerprint density at radius 1 is 1.15 bits per heavy atom. The summed E-state index contributed by atoms with van der Waals surface area (Å²) in [5.41, 5.74) is 2.13. The summed E-state index contributed by atoms with van der Waals surface area (Å²) in [5.74, 6) is 0.795. The van der Waals surface area contributed by atoms with Crippen molar-refractivity contribution in [3.05, 3.63) is 48.5 Å². The summed E-state index contributed by atoms with van der Waals surface area (Å²) in [6.45, 7) is 1.88. The van der Waals surface area contributed by atoms with Gasteiger partial charge >= 0.3 is 0 Å². The Morgan fingerprint density at radius 3 is 2.54 bits per heavy atom. The molecule has 0 aliphatic carbocycles. The van der Waals surface area contributed by atoms with Gasteiger partial charge in [-0.3, -0.25) is 0 Å². The number of nitrogens with zero attached hydrogens (tertiary/aromatic N) is 2. The molecular formula is C11H9N2. The van der Waals surface area contributed by atoms with E-state index in [-0.39, 0.29) is 0 Å². The summed E-state index contributed by atoms with van der Waals surface area (Å²) in [6.07, 6.45) is 3.65. The van der Waals surface area contributed by atoms with E-state index in [1.54, 1.807) is 0 Å². The van der Waals surface area contributed by atoms with Crippen LogP contribution in [0.15, 0.2) is 36.7 Å². The van der Waals surface area contributed by atoms with Crippen molar-refractivity contribution in [1.29, 1.82) is 0 Å². The fourth-order valence-electron chi connectivity index (χ4n) is 1.11.